The van der Waals surface area contributed by atoms with Crippen molar-refractivity contribution < 1.29 is 38.9 Å². The number of unbranched alkanes of at least 4 members (excludes halogenated alkanes) is 30. The summed E-state index contributed by atoms with van der Waals surface area (Å²) in [4.78, 5) is 48.7. The zero-order valence-corrected chi connectivity index (χ0v) is 35.0. The first-order chi connectivity index (χ1) is 26.3. The van der Waals surface area contributed by atoms with E-state index in [1.165, 1.54) is 154 Å². The topological polar surface area (TPSA) is 151 Å². The second-order valence-electron chi connectivity index (χ2n) is 15.6. The Bertz CT molecular complexity index is 848. The number of aliphatic carboxylic acids is 2. The highest BCUT2D eigenvalue weighted by Crippen LogP contribution is 2.17. The number of hydrogen-bond donors (Lipinski definition) is 4. The summed E-state index contributed by atoms with van der Waals surface area (Å²) in [6, 6.07) is 0. The van der Waals surface area contributed by atoms with Crippen molar-refractivity contribution in [3.05, 3.63) is 0 Å². The van der Waals surface area contributed by atoms with E-state index >= 15 is 0 Å². The molecule has 0 saturated heterocycles. The minimum atomic E-state index is -2.24. The molecule has 0 fully saturated rings. The van der Waals surface area contributed by atoms with E-state index in [-0.39, 0.29) is 32.5 Å². The Morgan fingerprint density at radius 3 is 0.907 bits per heavy atom. The summed E-state index contributed by atoms with van der Waals surface area (Å²) in [5.41, 5.74) is -2.24. The molecule has 10 nitrogen and oxygen atoms in total. The fraction of sp³-hybridized carbons (Fsp3) is 0.909. The molecule has 0 aliphatic heterocycles. The summed E-state index contributed by atoms with van der Waals surface area (Å²) in [6.07, 6.45) is 36.7. The van der Waals surface area contributed by atoms with Gasteiger partial charge in [0, 0.05) is 12.8 Å². The summed E-state index contributed by atoms with van der Waals surface area (Å²) in [5, 5.41) is 23.7. The molecule has 318 valence electrons. The summed E-state index contributed by atoms with van der Waals surface area (Å²) >= 11 is 0. The van der Waals surface area contributed by atoms with Gasteiger partial charge in [0.15, 0.2) is 0 Å². The van der Waals surface area contributed by atoms with Crippen LogP contribution in [-0.4, -0.2) is 53.2 Å². The molecule has 0 rings (SSSR count). The third-order valence-corrected chi connectivity index (χ3v) is 10.4. The molecular weight excluding hydrogens is 684 g/mol. The van der Waals surface area contributed by atoms with Crippen molar-refractivity contribution in [1.82, 2.24) is 10.6 Å². The number of hydrogen-bond acceptors (Lipinski definition) is 6. The number of carbonyl (C=O) groups is 4. The highest BCUT2D eigenvalue weighted by molar-refractivity contribution is 5.88. The van der Waals surface area contributed by atoms with Gasteiger partial charge in [-0.2, -0.15) is 0 Å². The Morgan fingerprint density at radius 1 is 0.407 bits per heavy atom. The largest absolute Gasteiger partial charge is 0.481 e. The molecular formula is C44H84N2O8. The van der Waals surface area contributed by atoms with E-state index in [0.29, 0.717) is 12.8 Å². The lowest BCUT2D eigenvalue weighted by Gasteiger charge is -2.30. The summed E-state index contributed by atoms with van der Waals surface area (Å²) < 4.78 is 10.5. The molecule has 0 atom stereocenters. The van der Waals surface area contributed by atoms with Crippen molar-refractivity contribution in [2.24, 2.45) is 0 Å². The molecule has 10 heteroatoms. The molecule has 0 aromatic heterocycles. The van der Waals surface area contributed by atoms with Crippen molar-refractivity contribution in [2.45, 2.75) is 244 Å². The number of carbonyl (C=O) groups excluding carboxylic acids is 2. The van der Waals surface area contributed by atoms with Crippen LogP contribution in [0, 0.1) is 0 Å². The van der Waals surface area contributed by atoms with Gasteiger partial charge in [-0.05, 0) is 19.3 Å². The van der Waals surface area contributed by atoms with Crippen LogP contribution in [0.4, 0.5) is 9.59 Å². The van der Waals surface area contributed by atoms with Gasteiger partial charge in [-0.25, -0.2) is 14.4 Å². The summed E-state index contributed by atoms with van der Waals surface area (Å²) in [7, 11) is 0. The molecule has 0 radical (unpaired) electrons. The monoisotopic (exact) mass is 769 g/mol. The third-order valence-electron chi connectivity index (χ3n) is 10.4. The van der Waals surface area contributed by atoms with Gasteiger partial charge >= 0.3 is 24.1 Å². The Balaban J connectivity index is 4.19. The fourth-order valence-electron chi connectivity index (χ4n) is 6.93. The minimum absolute atomic E-state index is 0.0829. The first kappa shape index (κ1) is 51.5. The zero-order valence-electron chi connectivity index (χ0n) is 35.0. The number of rotatable bonds is 41. The standard InChI is InChI=1S/C44H84N2O8/c1-3-5-7-9-11-13-15-17-19-21-23-25-27-29-31-33-38-53-42(51)45-44(41(49)50,37-35-36-40(47)48)46-43(52)54-39-34-32-30-28-26-24-22-20-18-16-14-12-10-8-6-4-2/h3-39H2,1-2H3,(H,45,51)(H,46,52)(H,47,48)(H,49,50). The van der Waals surface area contributed by atoms with Crippen LogP contribution in [0.25, 0.3) is 0 Å². The van der Waals surface area contributed by atoms with Crippen LogP contribution in [0.2, 0.25) is 0 Å². The highest BCUT2D eigenvalue weighted by Gasteiger charge is 2.42. The lowest BCUT2D eigenvalue weighted by atomic mass is 10.0. The molecule has 0 aliphatic rings. The van der Waals surface area contributed by atoms with E-state index in [1.54, 1.807) is 0 Å². The molecule has 0 saturated carbocycles. The quantitative estimate of drug-likeness (QED) is 0.0354. The van der Waals surface area contributed by atoms with E-state index in [0.717, 1.165) is 38.5 Å². The van der Waals surface area contributed by atoms with Gasteiger partial charge in [-0.15, -0.1) is 0 Å². The average molecular weight is 769 g/mol. The molecule has 0 unspecified atom stereocenters. The molecule has 0 aromatic carbocycles. The van der Waals surface area contributed by atoms with Gasteiger partial charge in [0.2, 0.25) is 5.66 Å². The maximum Gasteiger partial charge on any atom is 0.409 e. The maximum absolute atomic E-state index is 12.6. The number of carboxylic acid groups (broad SMARTS) is 2. The van der Waals surface area contributed by atoms with E-state index in [2.05, 4.69) is 24.5 Å². The van der Waals surface area contributed by atoms with Crippen LogP contribution >= 0.6 is 0 Å². The van der Waals surface area contributed by atoms with Crippen LogP contribution in [-0.2, 0) is 19.1 Å². The Labute approximate surface area is 330 Å². The smallest absolute Gasteiger partial charge is 0.409 e. The van der Waals surface area contributed by atoms with Crippen LogP contribution in [0.5, 0.6) is 0 Å². The second kappa shape index (κ2) is 38.7. The number of ether oxygens (including phenoxy) is 2. The van der Waals surface area contributed by atoms with E-state index < -0.39 is 29.8 Å². The molecule has 0 heterocycles. The van der Waals surface area contributed by atoms with Gasteiger partial charge in [-0.3, -0.25) is 15.4 Å². The maximum atomic E-state index is 12.6. The average Bonchev–Trinajstić information content (AvgIpc) is 3.13. The van der Waals surface area contributed by atoms with Crippen LogP contribution in [0.3, 0.4) is 0 Å². The molecule has 0 bridgehead atoms. The minimum Gasteiger partial charge on any atom is -0.481 e. The molecule has 4 N–H and O–H groups in total. The third kappa shape index (κ3) is 34.0. The van der Waals surface area contributed by atoms with Gasteiger partial charge < -0.3 is 19.7 Å². The van der Waals surface area contributed by atoms with Crippen molar-refractivity contribution in [1.29, 1.82) is 0 Å². The van der Waals surface area contributed by atoms with E-state index in [9.17, 15) is 24.3 Å². The van der Waals surface area contributed by atoms with E-state index in [1.807, 2.05) is 0 Å². The Hall–Kier alpha value is -2.52. The van der Waals surface area contributed by atoms with Crippen LogP contribution in [0.1, 0.15) is 239 Å². The first-order valence-electron chi connectivity index (χ1n) is 22.6. The number of amides is 2. The van der Waals surface area contributed by atoms with Gasteiger partial charge in [0.05, 0.1) is 13.2 Å². The van der Waals surface area contributed by atoms with Crippen molar-refractivity contribution in [3.63, 3.8) is 0 Å². The molecule has 54 heavy (non-hydrogen) atoms. The second-order valence-corrected chi connectivity index (χ2v) is 15.6. The van der Waals surface area contributed by atoms with Crippen molar-refractivity contribution >= 4 is 24.1 Å². The molecule has 0 aromatic rings. The Morgan fingerprint density at radius 2 is 0.667 bits per heavy atom. The summed E-state index contributed by atoms with van der Waals surface area (Å²) in [6.45, 7) is 4.76. The highest BCUT2D eigenvalue weighted by atomic mass is 16.6. The van der Waals surface area contributed by atoms with Crippen LogP contribution < -0.4 is 10.6 Å². The molecule has 0 spiro atoms. The lowest BCUT2D eigenvalue weighted by molar-refractivity contribution is -0.147. The number of carboxylic acids is 2. The predicted octanol–water partition coefficient (Wildman–Crippen LogP) is 13.0. The lowest BCUT2D eigenvalue weighted by Crippen LogP contribution is -2.65. The van der Waals surface area contributed by atoms with Crippen LogP contribution in [0.15, 0.2) is 0 Å². The van der Waals surface area contributed by atoms with Gasteiger partial charge in [0.1, 0.15) is 0 Å². The van der Waals surface area contributed by atoms with Crippen molar-refractivity contribution in [2.75, 3.05) is 13.2 Å². The zero-order chi connectivity index (χ0) is 39.8. The first-order valence-corrected chi connectivity index (χ1v) is 22.6. The fourth-order valence-corrected chi connectivity index (χ4v) is 6.93. The van der Waals surface area contributed by atoms with Gasteiger partial charge in [0.25, 0.3) is 0 Å². The predicted molar refractivity (Wildman–Crippen MR) is 220 cm³/mol. The van der Waals surface area contributed by atoms with Crippen molar-refractivity contribution in [3.8, 4) is 0 Å². The van der Waals surface area contributed by atoms with E-state index in [4.69, 9.17) is 14.6 Å². The van der Waals surface area contributed by atoms with Gasteiger partial charge in [-0.1, -0.05) is 206 Å². The normalized spacial score (nSPS) is 11.4. The number of nitrogens with one attached hydrogen (secondary N) is 2. The Kier molecular flexibility index (Phi) is 36.9. The SMILES string of the molecule is CCCCCCCCCCCCCCCCCCOC(=O)NC(CCCC(=O)O)(NC(=O)OCCCCCCCCCCCCCCCCCC)C(=O)O. The summed E-state index contributed by atoms with van der Waals surface area (Å²) in [5.74, 6) is -2.63. The molecule has 0 aliphatic carbocycles. The number of alkyl carbamates (subject to hydrolysis) is 2. The molecule has 2 amide bonds.